The van der Waals surface area contributed by atoms with Gasteiger partial charge in [0, 0.05) is 12.1 Å². The number of rotatable bonds is 6. The molecule has 0 saturated heterocycles. The van der Waals surface area contributed by atoms with Crippen LogP contribution >= 0.6 is 0 Å². The van der Waals surface area contributed by atoms with E-state index < -0.39 is 6.10 Å². The highest BCUT2D eigenvalue weighted by atomic mass is 16.5. The van der Waals surface area contributed by atoms with Crippen molar-refractivity contribution in [1.29, 1.82) is 0 Å². The number of aromatic amines is 1. The molecule has 2 rings (SSSR count). The smallest absolute Gasteiger partial charge is 0.249 e. The Kier molecular flexibility index (Phi) is 5.11. The predicted molar refractivity (Wildman–Crippen MR) is 81.6 cm³/mol. The lowest BCUT2D eigenvalue weighted by Gasteiger charge is -2.15. The van der Waals surface area contributed by atoms with Crippen LogP contribution in [0, 0.1) is 0 Å². The van der Waals surface area contributed by atoms with Crippen molar-refractivity contribution in [1.82, 2.24) is 15.5 Å². The summed E-state index contributed by atoms with van der Waals surface area (Å²) in [6.07, 6.45) is 1.30. The number of amides is 1. The van der Waals surface area contributed by atoms with Gasteiger partial charge in [0.1, 0.15) is 6.10 Å². The summed E-state index contributed by atoms with van der Waals surface area (Å²) in [5.74, 6) is -0.121. The van der Waals surface area contributed by atoms with Crippen molar-refractivity contribution in [3.05, 3.63) is 42.1 Å². The molecule has 21 heavy (non-hydrogen) atoms. The molecule has 112 valence electrons. The lowest BCUT2D eigenvalue weighted by atomic mass is 10.1. The van der Waals surface area contributed by atoms with Gasteiger partial charge in [0.2, 0.25) is 5.91 Å². The Bertz CT molecular complexity index is 578. The van der Waals surface area contributed by atoms with Gasteiger partial charge in [-0.3, -0.25) is 9.89 Å². The van der Waals surface area contributed by atoms with Gasteiger partial charge in [0.15, 0.2) is 0 Å². The summed E-state index contributed by atoms with van der Waals surface area (Å²) in [6.45, 7) is 5.99. The second-order valence-corrected chi connectivity index (χ2v) is 5.18. The zero-order chi connectivity index (χ0) is 15.2. The van der Waals surface area contributed by atoms with Crippen LogP contribution in [0.15, 0.2) is 36.5 Å². The third-order valence-electron chi connectivity index (χ3n) is 3.08. The number of H-pyrrole nitrogens is 1. The molecule has 0 bridgehead atoms. The minimum absolute atomic E-state index is 0.0274. The molecule has 0 spiro atoms. The van der Waals surface area contributed by atoms with Crippen molar-refractivity contribution in [3.63, 3.8) is 0 Å². The summed E-state index contributed by atoms with van der Waals surface area (Å²) in [7, 11) is 0. The van der Waals surface area contributed by atoms with Crippen LogP contribution in [0.5, 0.6) is 0 Å². The van der Waals surface area contributed by atoms with Crippen molar-refractivity contribution in [2.75, 3.05) is 0 Å². The quantitative estimate of drug-likeness (QED) is 0.858. The Hall–Kier alpha value is -2.14. The Balaban J connectivity index is 1.99. The highest BCUT2D eigenvalue weighted by Gasteiger charge is 2.15. The van der Waals surface area contributed by atoms with Crippen LogP contribution in [0.1, 0.15) is 26.3 Å². The van der Waals surface area contributed by atoms with Gasteiger partial charge in [0.05, 0.1) is 18.0 Å². The number of carbonyl (C=O) groups is 1. The van der Waals surface area contributed by atoms with E-state index in [4.69, 9.17) is 4.74 Å². The Morgan fingerprint density at radius 2 is 2.00 bits per heavy atom. The van der Waals surface area contributed by atoms with Crippen molar-refractivity contribution >= 4 is 5.91 Å². The minimum Gasteiger partial charge on any atom is -0.366 e. The number of hydrogen-bond donors (Lipinski definition) is 2. The molecule has 0 saturated carbocycles. The first-order valence-electron chi connectivity index (χ1n) is 7.08. The van der Waals surface area contributed by atoms with Gasteiger partial charge in [-0.05, 0) is 26.3 Å². The highest BCUT2D eigenvalue weighted by Crippen LogP contribution is 2.20. The van der Waals surface area contributed by atoms with Crippen LogP contribution in [-0.2, 0) is 16.1 Å². The van der Waals surface area contributed by atoms with E-state index in [1.54, 1.807) is 13.1 Å². The second kappa shape index (κ2) is 7.04. The standard InChI is InChI=1S/C16H21N3O2/c1-11(2)21-12(3)16(20)17-9-14-10-18-19-15(14)13-7-5-4-6-8-13/h4-8,10-12H,9H2,1-3H3,(H,17,20)(H,18,19)/t12-/m1/s1. The summed E-state index contributed by atoms with van der Waals surface area (Å²) in [6, 6.07) is 9.91. The fraction of sp³-hybridized carbons (Fsp3) is 0.375. The fourth-order valence-electron chi connectivity index (χ4n) is 2.10. The molecule has 2 aromatic rings. The van der Waals surface area contributed by atoms with Gasteiger partial charge in [-0.2, -0.15) is 5.10 Å². The zero-order valence-corrected chi connectivity index (χ0v) is 12.6. The second-order valence-electron chi connectivity index (χ2n) is 5.18. The number of carbonyl (C=O) groups excluding carboxylic acids is 1. The number of nitrogens with zero attached hydrogens (tertiary/aromatic N) is 1. The average molecular weight is 287 g/mol. The van der Waals surface area contributed by atoms with E-state index in [1.165, 1.54) is 0 Å². The molecule has 0 radical (unpaired) electrons. The summed E-state index contributed by atoms with van der Waals surface area (Å²) in [4.78, 5) is 12.0. The Labute approximate surface area is 124 Å². The average Bonchev–Trinajstić information content (AvgIpc) is 2.93. The maximum absolute atomic E-state index is 12.0. The maximum Gasteiger partial charge on any atom is 0.249 e. The van der Waals surface area contributed by atoms with Crippen molar-refractivity contribution in [3.8, 4) is 11.3 Å². The molecule has 0 aliphatic rings. The van der Waals surface area contributed by atoms with E-state index in [-0.39, 0.29) is 12.0 Å². The fourth-order valence-corrected chi connectivity index (χ4v) is 2.10. The molecule has 5 heteroatoms. The monoisotopic (exact) mass is 287 g/mol. The van der Waals surface area contributed by atoms with Gasteiger partial charge in [-0.15, -0.1) is 0 Å². The van der Waals surface area contributed by atoms with E-state index in [1.807, 2.05) is 44.2 Å². The first-order valence-corrected chi connectivity index (χ1v) is 7.08. The summed E-state index contributed by atoms with van der Waals surface area (Å²) in [5.41, 5.74) is 2.92. The van der Waals surface area contributed by atoms with E-state index in [2.05, 4.69) is 15.5 Å². The van der Waals surface area contributed by atoms with Gasteiger partial charge in [-0.25, -0.2) is 0 Å². The maximum atomic E-state index is 12.0. The third kappa shape index (κ3) is 4.16. The van der Waals surface area contributed by atoms with Crippen LogP contribution in [-0.4, -0.2) is 28.3 Å². The van der Waals surface area contributed by atoms with Crippen LogP contribution < -0.4 is 5.32 Å². The minimum atomic E-state index is -0.461. The molecule has 1 amide bonds. The molecule has 1 heterocycles. The van der Waals surface area contributed by atoms with E-state index in [0.717, 1.165) is 16.8 Å². The molecule has 2 N–H and O–H groups in total. The molecule has 0 aliphatic heterocycles. The number of nitrogens with one attached hydrogen (secondary N) is 2. The largest absolute Gasteiger partial charge is 0.366 e. The van der Waals surface area contributed by atoms with Crippen molar-refractivity contribution < 1.29 is 9.53 Å². The highest BCUT2D eigenvalue weighted by molar-refractivity contribution is 5.80. The molecular weight excluding hydrogens is 266 g/mol. The number of benzene rings is 1. The number of hydrogen-bond acceptors (Lipinski definition) is 3. The molecule has 1 atom stereocenters. The number of aromatic nitrogens is 2. The van der Waals surface area contributed by atoms with Crippen LogP contribution in [0.4, 0.5) is 0 Å². The van der Waals surface area contributed by atoms with Crippen molar-refractivity contribution in [2.45, 2.75) is 39.5 Å². The van der Waals surface area contributed by atoms with Crippen LogP contribution in [0.25, 0.3) is 11.3 Å². The third-order valence-corrected chi connectivity index (χ3v) is 3.08. The molecule has 1 aromatic heterocycles. The van der Waals surface area contributed by atoms with E-state index in [0.29, 0.717) is 6.54 Å². The summed E-state index contributed by atoms with van der Waals surface area (Å²) >= 11 is 0. The van der Waals surface area contributed by atoms with Crippen LogP contribution in [0.3, 0.4) is 0 Å². The SMILES string of the molecule is CC(C)O[C@H](C)C(=O)NCc1cn[nH]c1-c1ccccc1. The van der Waals surface area contributed by atoms with E-state index in [9.17, 15) is 4.79 Å². The topological polar surface area (TPSA) is 67.0 Å². The van der Waals surface area contributed by atoms with Gasteiger partial charge in [-0.1, -0.05) is 30.3 Å². The molecule has 0 unspecified atom stereocenters. The van der Waals surface area contributed by atoms with Gasteiger partial charge in [0.25, 0.3) is 0 Å². The molecule has 0 aliphatic carbocycles. The molecular formula is C16H21N3O2. The lowest BCUT2D eigenvalue weighted by Crippen LogP contribution is -2.35. The predicted octanol–water partition coefficient (Wildman–Crippen LogP) is 2.51. The van der Waals surface area contributed by atoms with Crippen LogP contribution in [0.2, 0.25) is 0 Å². The van der Waals surface area contributed by atoms with Crippen molar-refractivity contribution in [2.24, 2.45) is 0 Å². The normalized spacial score (nSPS) is 12.4. The zero-order valence-electron chi connectivity index (χ0n) is 12.6. The summed E-state index contributed by atoms with van der Waals surface area (Å²) < 4.78 is 5.46. The first-order chi connectivity index (χ1) is 10.1. The van der Waals surface area contributed by atoms with E-state index >= 15 is 0 Å². The van der Waals surface area contributed by atoms with Gasteiger partial charge < -0.3 is 10.1 Å². The molecule has 0 fully saturated rings. The Morgan fingerprint density at radius 1 is 1.29 bits per heavy atom. The number of ether oxygens (including phenoxy) is 1. The Morgan fingerprint density at radius 3 is 2.67 bits per heavy atom. The molecule has 5 nitrogen and oxygen atoms in total. The lowest BCUT2D eigenvalue weighted by molar-refractivity contribution is -0.134. The van der Waals surface area contributed by atoms with Gasteiger partial charge >= 0.3 is 0 Å². The summed E-state index contributed by atoms with van der Waals surface area (Å²) in [5, 5.41) is 9.91. The first kappa shape index (κ1) is 15.3. The molecule has 1 aromatic carbocycles.